The second-order valence-corrected chi connectivity index (χ2v) is 5.73. The average molecular weight is 263 g/mol. The maximum absolute atomic E-state index is 11.8. The molecule has 0 aliphatic carbocycles. The number of hydrogen-bond donors (Lipinski definition) is 1. The zero-order valence-corrected chi connectivity index (χ0v) is 11.0. The molecule has 0 saturated carbocycles. The highest BCUT2D eigenvalue weighted by atomic mass is 32.2. The predicted molar refractivity (Wildman–Crippen MR) is 67.8 cm³/mol. The van der Waals surface area contributed by atoms with Gasteiger partial charge in [-0.15, -0.1) is 11.8 Å². The van der Waals surface area contributed by atoms with Gasteiger partial charge >= 0.3 is 5.97 Å². The van der Waals surface area contributed by atoms with E-state index in [9.17, 15) is 9.59 Å². The van der Waals surface area contributed by atoms with Crippen LogP contribution >= 0.6 is 23.5 Å². The lowest BCUT2D eigenvalue weighted by molar-refractivity contribution is -0.146. The molecule has 1 rings (SSSR count). The van der Waals surface area contributed by atoms with E-state index in [1.165, 1.54) is 16.7 Å². The molecule has 1 fully saturated rings. The fourth-order valence-electron chi connectivity index (χ4n) is 1.38. The number of rotatable bonds is 6. The lowest BCUT2D eigenvalue weighted by Gasteiger charge is -2.20. The van der Waals surface area contributed by atoms with Crippen molar-refractivity contribution in [2.24, 2.45) is 0 Å². The fraction of sp³-hybridized carbons (Fsp3) is 0.800. The molecule has 0 aromatic heterocycles. The quantitative estimate of drug-likeness (QED) is 0.736. The van der Waals surface area contributed by atoms with Crippen molar-refractivity contribution in [1.82, 2.24) is 4.90 Å². The number of thioether (sulfide) groups is 2. The first kappa shape index (κ1) is 13.7. The third-order valence-corrected chi connectivity index (χ3v) is 4.40. The van der Waals surface area contributed by atoms with E-state index in [2.05, 4.69) is 6.92 Å². The first-order chi connectivity index (χ1) is 7.66. The predicted octanol–water partition coefficient (Wildman–Crippen LogP) is 1.51. The summed E-state index contributed by atoms with van der Waals surface area (Å²) >= 11 is 3.10. The lowest BCUT2D eigenvalue weighted by atomic mass is 10.3. The Labute approximate surface area is 104 Å². The Kier molecular flexibility index (Phi) is 6.05. The maximum Gasteiger partial charge on any atom is 0.327 e. The van der Waals surface area contributed by atoms with Crippen LogP contribution in [0.25, 0.3) is 0 Å². The van der Waals surface area contributed by atoms with E-state index in [4.69, 9.17) is 5.11 Å². The van der Waals surface area contributed by atoms with Gasteiger partial charge in [-0.3, -0.25) is 4.79 Å². The fourth-order valence-corrected chi connectivity index (χ4v) is 3.53. The van der Waals surface area contributed by atoms with Gasteiger partial charge in [0.1, 0.15) is 6.04 Å². The number of nitrogens with zero attached hydrogens (tertiary/aromatic N) is 1. The molecular formula is C10H17NO3S2. The smallest absolute Gasteiger partial charge is 0.327 e. The van der Waals surface area contributed by atoms with Gasteiger partial charge in [0.15, 0.2) is 0 Å². The van der Waals surface area contributed by atoms with Gasteiger partial charge in [0.25, 0.3) is 0 Å². The van der Waals surface area contributed by atoms with Crippen molar-refractivity contribution in [3.63, 3.8) is 0 Å². The summed E-state index contributed by atoms with van der Waals surface area (Å²) in [5, 5.41) is 8.93. The first-order valence-electron chi connectivity index (χ1n) is 5.34. The van der Waals surface area contributed by atoms with E-state index in [-0.39, 0.29) is 5.91 Å². The molecule has 1 aliphatic rings. The standard InChI is InChI=1S/C10H17NO3S2/c1-2-3-4-15-6-9(12)11-7-16-5-8(11)10(13)14/h8H,2-7H2,1H3,(H,13,14). The van der Waals surface area contributed by atoms with E-state index in [1.54, 1.807) is 11.8 Å². The number of hydrogen-bond acceptors (Lipinski definition) is 4. The minimum Gasteiger partial charge on any atom is -0.480 e. The number of carboxylic acids is 1. The molecule has 6 heteroatoms. The van der Waals surface area contributed by atoms with Crippen molar-refractivity contribution in [2.45, 2.75) is 25.8 Å². The molecule has 1 atom stereocenters. The van der Waals surface area contributed by atoms with Crippen LogP contribution in [0.5, 0.6) is 0 Å². The Morgan fingerprint density at radius 1 is 1.56 bits per heavy atom. The second kappa shape index (κ2) is 7.06. The summed E-state index contributed by atoms with van der Waals surface area (Å²) in [6, 6.07) is -0.621. The minimum atomic E-state index is -0.892. The topological polar surface area (TPSA) is 57.6 Å². The third kappa shape index (κ3) is 3.90. The minimum absolute atomic E-state index is 0.0431. The molecule has 0 spiro atoms. The molecule has 1 aliphatic heterocycles. The molecule has 16 heavy (non-hydrogen) atoms. The van der Waals surface area contributed by atoms with Crippen molar-refractivity contribution in [3.8, 4) is 0 Å². The molecule has 92 valence electrons. The molecule has 0 radical (unpaired) electrons. The van der Waals surface area contributed by atoms with Crippen molar-refractivity contribution >= 4 is 35.4 Å². The van der Waals surface area contributed by atoms with Crippen LogP contribution in [-0.2, 0) is 9.59 Å². The Morgan fingerprint density at radius 3 is 2.94 bits per heavy atom. The summed E-state index contributed by atoms with van der Waals surface area (Å²) in [6.07, 6.45) is 2.23. The summed E-state index contributed by atoms with van der Waals surface area (Å²) in [6.45, 7) is 2.11. The molecule has 1 heterocycles. The van der Waals surface area contributed by atoms with Crippen LogP contribution in [0.4, 0.5) is 0 Å². The molecule has 0 aromatic carbocycles. The number of carbonyl (C=O) groups excluding carboxylic acids is 1. The zero-order chi connectivity index (χ0) is 12.0. The molecule has 0 aromatic rings. The van der Waals surface area contributed by atoms with Gasteiger partial charge in [-0.25, -0.2) is 4.79 Å². The Hall–Kier alpha value is -0.360. The van der Waals surface area contributed by atoms with Crippen LogP contribution < -0.4 is 0 Å². The monoisotopic (exact) mass is 263 g/mol. The summed E-state index contributed by atoms with van der Waals surface area (Å²) in [5.74, 6) is 1.48. The van der Waals surface area contributed by atoms with Gasteiger partial charge < -0.3 is 10.0 Å². The van der Waals surface area contributed by atoms with E-state index in [1.807, 2.05) is 0 Å². The SMILES string of the molecule is CCCCSCC(=O)N1CSCC1C(=O)O. The van der Waals surface area contributed by atoms with Crippen molar-refractivity contribution < 1.29 is 14.7 Å². The van der Waals surface area contributed by atoms with E-state index in [0.717, 1.165) is 18.6 Å². The van der Waals surface area contributed by atoms with Gasteiger partial charge in [0.2, 0.25) is 5.91 Å². The maximum atomic E-state index is 11.8. The molecule has 0 bridgehead atoms. The van der Waals surface area contributed by atoms with Gasteiger partial charge in [0.05, 0.1) is 11.6 Å². The second-order valence-electron chi connectivity index (χ2n) is 3.62. The number of amides is 1. The van der Waals surface area contributed by atoms with Crippen LogP contribution in [0, 0.1) is 0 Å². The van der Waals surface area contributed by atoms with Gasteiger partial charge in [0, 0.05) is 5.75 Å². The lowest BCUT2D eigenvalue weighted by Crippen LogP contribution is -2.42. The van der Waals surface area contributed by atoms with Crippen molar-refractivity contribution in [1.29, 1.82) is 0 Å². The molecular weight excluding hydrogens is 246 g/mol. The Morgan fingerprint density at radius 2 is 2.31 bits per heavy atom. The number of carbonyl (C=O) groups is 2. The zero-order valence-electron chi connectivity index (χ0n) is 9.35. The van der Waals surface area contributed by atoms with Gasteiger partial charge in [-0.2, -0.15) is 11.8 Å². The molecule has 1 saturated heterocycles. The Balaban J connectivity index is 2.32. The number of carboxylic acid groups (broad SMARTS) is 1. The molecule has 1 N–H and O–H groups in total. The summed E-state index contributed by atoms with van der Waals surface area (Å²) in [7, 11) is 0. The average Bonchev–Trinajstić information content (AvgIpc) is 2.73. The summed E-state index contributed by atoms with van der Waals surface area (Å²) < 4.78 is 0. The normalized spacial score (nSPS) is 20.1. The van der Waals surface area contributed by atoms with Crippen LogP contribution in [0.2, 0.25) is 0 Å². The van der Waals surface area contributed by atoms with Crippen molar-refractivity contribution in [2.75, 3.05) is 23.1 Å². The summed E-state index contributed by atoms with van der Waals surface area (Å²) in [4.78, 5) is 24.1. The number of aliphatic carboxylic acids is 1. The highest BCUT2D eigenvalue weighted by molar-refractivity contribution is 8.00. The molecule has 1 amide bonds. The Bertz CT molecular complexity index is 260. The van der Waals surface area contributed by atoms with E-state index < -0.39 is 12.0 Å². The van der Waals surface area contributed by atoms with E-state index in [0.29, 0.717) is 17.4 Å². The van der Waals surface area contributed by atoms with Crippen LogP contribution in [0.15, 0.2) is 0 Å². The molecule has 4 nitrogen and oxygen atoms in total. The van der Waals surface area contributed by atoms with Crippen LogP contribution in [-0.4, -0.2) is 51.1 Å². The van der Waals surface area contributed by atoms with Gasteiger partial charge in [-0.1, -0.05) is 13.3 Å². The third-order valence-electron chi connectivity index (χ3n) is 2.36. The highest BCUT2D eigenvalue weighted by Gasteiger charge is 2.34. The molecule has 1 unspecified atom stereocenters. The van der Waals surface area contributed by atoms with Crippen LogP contribution in [0.3, 0.4) is 0 Å². The van der Waals surface area contributed by atoms with Crippen LogP contribution in [0.1, 0.15) is 19.8 Å². The van der Waals surface area contributed by atoms with Gasteiger partial charge in [-0.05, 0) is 12.2 Å². The van der Waals surface area contributed by atoms with Crippen molar-refractivity contribution in [3.05, 3.63) is 0 Å². The summed E-state index contributed by atoms with van der Waals surface area (Å²) in [5.41, 5.74) is 0. The highest BCUT2D eigenvalue weighted by Crippen LogP contribution is 2.22. The first-order valence-corrected chi connectivity index (χ1v) is 7.65. The number of unbranched alkanes of at least 4 members (excludes halogenated alkanes) is 1. The largest absolute Gasteiger partial charge is 0.480 e. The van der Waals surface area contributed by atoms with E-state index >= 15 is 0 Å².